The zero-order chi connectivity index (χ0) is 40.5. The van der Waals surface area contributed by atoms with Gasteiger partial charge in [0.05, 0.1) is 78.9 Å². The van der Waals surface area contributed by atoms with Crippen molar-refractivity contribution < 1.29 is 57.2 Å². The maximum atomic E-state index is 10.7. The van der Waals surface area contributed by atoms with E-state index in [4.69, 9.17) is 9.47 Å². The lowest BCUT2D eigenvalue weighted by Crippen LogP contribution is -2.69. The van der Waals surface area contributed by atoms with Crippen LogP contribution in [-0.4, -0.2) is 106 Å². The Labute approximate surface area is 308 Å². The predicted octanol–water partition coefficient (Wildman–Crippen LogP) is 1.62. The van der Waals surface area contributed by atoms with Crippen LogP contribution >= 0.6 is 11.8 Å². The van der Waals surface area contributed by atoms with Gasteiger partial charge in [-0.2, -0.15) is 21.7 Å². The van der Waals surface area contributed by atoms with E-state index >= 15 is 0 Å². The molecular formula is C35H58N4O11S+6. The average Bonchev–Trinajstić information content (AvgIpc) is 3.06. The van der Waals surface area contributed by atoms with Crippen LogP contribution in [0, 0.1) is 27.2 Å². The first-order valence-electron chi connectivity index (χ1n) is 15.5. The number of carbonyl (C=O) groups excluding carboxylic acids is 8. The van der Waals surface area contributed by atoms with Gasteiger partial charge in [-0.1, -0.05) is 0 Å². The molecule has 1 rings (SSSR count). The van der Waals surface area contributed by atoms with E-state index in [0.717, 1.165) is 12.2 Å². The average molecular weight is 743 g/mol. The summed E-state index contributed by atoms with van der Waals surface area (Å²) in [6, 6.07) is 0. The van der Waals surface area contributed by atoms with E-state index in [1.54, 1.807) is 36.4 Å². The number of thioether (sulfide) groups is 1. The first-order chi connectivity index (χ1) is 24.0. The smallest absolute Gasteiger partial charge is 0.461 e. The van der Waals surface area contributed by atoms with E-state index in [2.05, 4.69) is 64.1 Å². The third-order valence-electron chi connectivity index (χ3n) is 4.18. The van der Waals surface area contributed by atoms with Crippen LogP contribution in [0.4, 0.5) is 0 Å². The molecule has 0 saturated carbocycles. The molecule has 0 aromatic heterocycles. The van der Waals surface area contributed by atoms with Crippen molar-refractivity contribution in [2.75, 3.05) is 45.0 Å². The molecule has 284 valence electrons. The van der Waals surface area contributed by atoms with Gasteiger partial charge in [-0.05, 0) is 6.26 Å². The van der Waals surface area contributed by atoms with Crippen LogP contribution in [0.5, 0.6) is 0 Å². The molecule has 3 N–H and O–H groups in total. The van der Waals surface area contributed by atoms with Crippen molar-refractivity contribution in [3.8, 4) is 0 Å². The fourth-order valence-electron chi connectivity index (χ4n) is 2.20. The summed E-state index contributed by atoms with van der Waals surface area (Å²) in [6.07, 6.45) is 11.4. The Hall–Kier alpha value is -4.83. The number of rotatable bonds is 13. The number of carbonyl (C=O) groups is 7. The van der Waals surface area contributed by atoms with E-state index in [1.165, 1.54) is 41.5 Å². The molecule has 0 saturated heterocycles. The van der Waals surface area contributed by atoms with Gasteiger partial charge >= 0.3 is 23.8 Å². The molecule has 0 aromatic rings. The van der Waals surface area contributed by atoms with Gasteiger partial charge in [0, 0.05) is 44.8 Å². The maximum absolute atomic E-state index is 10.7. The van der Waals surface area contributed by atoms with Crippen LogP contribution in [0.25, 0.3) is 0 Å². The molecule has 0 bridgehead atoms. The molecule has 0 aliphatic heterocycles. The van der Waals surface area contributed by atoms with Crippen molar-refractivity contribution in [3.63, 3.8) is 0 Å². The topological polar surface area (TPSA) is 209 Å². The summed E-state index contributed by atoms with van der Waals surface area (Å²) >= 11 is 1.65. The highest BCUT2D eigenvalue weighted by molar-refractivity contribution is 7.98. The van der Waals surface area contributed by atoms with Gasteiger partial charge in [0.15, 0.2) is 18.2 Å². The number of ether oxygens (including phenoxy) is 3. The fourth-order valence-corrected chi connectivity index (χ4v) is 2.57. The molecule has 1 aliphatic rings. The normalized spacial score (nSPS) is 10.8. The van der Waals surface area contributed by atoms with E-state index in [0.29, 0.717) is 63.6 Å². The summed E-state index contributed by atoms with van der Waals surface area (Å²) in [5.41, 5.74) is 1.18. The number of nitrogens with one attached hydrogen (secondary N) is 3. The van der Waals surface area contributed by atoms with E-state index in [-0.39, 0.29) is 41.5 Å². The third kappa shape index (κ3) is 64.3. The predicted molar refractivity (Wildman–Crippen MR) is 200 cm³/mol. The van der Waals surface area contributed by atoms with Crippen LogP contribution in [0.2, 0.25) is 0 Å². The van der Waals surface area contributed by atoms with Crippen molar-refractivity contribution in [1.82, 2.24) is 10.6 Å². The van der Waals surface area contributed by atoms with E-state index in [9.17, 15) is 33.6 Å². The largest absolute Gasteiger partial charge is 0.576 e. The Bertz CT molecular complexity index is 1090. The second kappa shape index (κ2) is 43.2. The number of hydrogen-bond donors (Lipinski definition) is 3. The molecule has 4 amide bonds. The Morgan fingerprint density at radius 2 is 1.43 bits per heavy atom. The Kier molecular flexibility index (Phi) is 47.1. The van der Waals surface area contributed by atoms with Crippen molar-refractivity contribution in [1.29, 1.82) is 0 Å². The molecule has 0 aromatic carbocycles. The van der Waals surface area contributed by atoms with Crippen molar-refractivity contribution in [2.45, 2.75) is 67.2 Å². The van der Waals surface area contributed by atoms with Crippen LogP contribution in [0.1, 0.15) is 67.2 Å². The van der Waals surface area contributed by atoms with Gasteiger partial charge < -0.3 is 24.8 Å². The molecule has 51 heavy (non-hydrogen) atoms. The molecular weight excluding hydrogens is 684 g/mol. The van der Waals surface area contributed by atoms with Crippen LogP contribution in [0.3, 0.4) is 0 Å². The summed E-state index contributed by atoms with van der Waals surface area (Å²) in [5, 5.41) is 5.23. The zero-order valence-electron chi connectivity index (χ0n) is 31.3. The lowest BCUT2D eigenvalue weighted by Gasteiger charge is -2.00. The van der Waals surface area contributed by atoms with Gasteiger partial charge in [-0.25, -0.2) is 4.79 Å². The molecule has 0 heterocycles. The van der Waals surface area contributed by atoms with Crippen LogP contribution in [0.15, 0.2) is 28.9 Å². The van der Waals surface area contributed by atoms with Gasteiger partial charge in [0.25, 0.3) is 0 Å². The molecule has 15 nitrogen and oxygen atoms in total. The van der Waals surface area contributed by atoms with Crippen LogP contribution < -0.4 is 15.6 Å². The van der Waals surface area contributed by atoms with Crippen molar-refractivity contribution in [2.24, 2.45) is 4.99 Å². The lowest BCUT2D eigenvalue weighted by molar-refractivity contribution is -0.366. The van der Waals surface area contributed by atoms with Gasteiger partial charge in [0.1, 0.15) is 39.2 Å². The first-order valence-corrected chi connectivity index (χ1v) is 16.9. The van der Waals surface area contributed by atoms with E-state index in [1.807, 2.05) is 6.26 Å². The third-order valence-corrected chi connectivity index (χ3v) is 4.79. The standard InChI is InChI=1S/C10H10N2O2.C7H13NO2.C7H13O2S.C5H9O2.C3H5NO.C3H5O2/c1-7(13)11-9-4-3-5-10(6-9)12-8(2)14;1-3-5-10-6-4-8-7(2)9;1-3-5-9-7(8)4-6-10-2;1-3-4-7-5(2)6;1-3(5)4-2;1-3(4)5-2/h3-6H,1-2H3;2*1,3-6H2,2H3;1,3-4H2,2H3;2*2H2,1H3/q;;2*+1;;+1/p+3. The first kappa shape index (κ1) is 55.6. The Morgan fingerprint density at radius 3 is 1.80 bits per heavy atom. The minimum atomic E-state index is -0.356. The molecule has 0 atom stereocenters. The molecule has 0 fully saturated rings. The summed E-state index contributed by atoms with van der Waals surface area (Å²) in [5.74, 6) is -0.388. The molecule has 0 spiro atoms. The van der Waals surface area contributed by atoms with E-state index < -0.39 is 0 Å². The molecule has 16 heteroatoms. The lowest BCUT2D eigenvalue weighted by atomic mass is 10.1. The number of amides is 4. The molecule has 1 aliphatic carbocycles. The van der Waals surface area contributed by atoms with Crippen molar-refractivity contribution >= 4 is 72.5 Å². The second-order valence-electron chi connectivity index (χ2n) is 9.19. The van der Waals surface area contributed by atoms with Crippen molar-refractivity contribution in [3.05, 3.63) is 51.1 Å². The van der Waals surface area contributed by atoms with Gasteiger partial charge in [-0.15, -0.1) is 0 Å². The summed E-state index contributed by atoms with van der Waals surface area (Å²) in [7, 11) is 0. The highest BCUT2D eigenvalue weighted by Crippen LogP contribution is 2.05. The SMILES string of the molecule is C=[NH+]C(C)=O.C=[O+]C(C)=O.CC(=O)N=C1C=C(NC(C)=O)C=C[CH+]1.[CH2+]CCOC(=O)CCSC.[CH2+]CCOC(C)=O.[CH2+]CCOCCNC(C)=O. The number of aliphatic imine (C=N–C) groups is 1. The number of esters is 2. The molecule has 0 unspecified atom stereocenters. The van der Waals surface area contributed by atoms with Gasteiger partial charge in [-0.3, -0.25) is 28.4 Å². The zero-order valence-corrected chi connectivity index (χ0v) is 32.1. The Morgan fingerprint density at radius 1 is 0.902 bits per heavy atom. The summed E-state index contributed by atoms with van der Waals surface area (Å²) < 4.78 is 18.2. The highest BCUT2D eigenvalue weighted by atomic mass is 32.2. The minimum absolute atomic E-state index is 0.0155. The minimum Gasteiger partial charge on any atom is -0.461 e. The quantitative estimate of drug-likeness (QED) is 0.0812. The number of allylic oxidation sites excluding steroid dienone is 3. The van der Waals surface area contributed by atoms with Crippen LogP contribution in [-0.2, 0) is 52.2 Å². The number of nitrogens with zero attached hydrogens (tertiary/aromatic N) is 1. The Balaban J connectivity index is -0.000000173. The molecule has 0 radical (unpaired) electrons. The fraction of sp³-hybridized carbons (Fsp3) is 0.486. The highest BCUT2D eigenvalue weighted by Gasteiger charge is 2.13. The number of hydrogen-bond acceptors (Lipinski definition) is 11. The monoisotopic (exact) mass is 742 g/mol. The summed E-state index contributed by atoms with van der Waals surface area (Å²) in [6.45, 7) is 27.7. The van der Waals surface area contributed by atoms with Gasteiger partial charge in [0.2, 0.25) is 17.7 Å². The maximum Gasteiger partial charge on any atom is 0.576 e. The second-order valence-corrected chi connectivity index (χ2v) is 10.2. The summed E-state index contributed by atoms with van der Waals surface area (Å²) in [4.78, 5) is 77.4.